The molecule has 0 saturated carbocycles. The lowest BCUT2D eigenvalue weighted by Crippen LogP contribution is -2.44. The van der Waals surface area contributed by atoms with Gasteiger partial charge < -0.3 is 4.74 Å². The van der Waals surface area contributed by atoms with Crippen molar-refractivity contribution >= 4 is 10.0 Å². The Bertz CT molecular complexity index is 781. The Morgan fingerprint density at radius 3 is 2.79 bits per heavy atom. The van der Waals surface area contributed by atoms with Crippen LogP contribution in [-0.4, -0.2) is 41.9 Å². The summed E-state index contributed by atoms with van der Waals surface area (Å²) in [5.41, 5.74) is 1.87. The Morgan fingerprint density at radius 2 is 2.04 bits per heavy atom. The highest BCUT2D eigenvalue weighted by Crippen LogP contribution is 2.20. The molecule has 2 heterocycles. The van der Waals surface area contributed by atoms with E-state index in [-0.39, 0.29) is 11.9 Å². The average Bonchev–Trinajstić information content (AvgIpc) is 2.56. The van der Waals surface area contributed by atoms with Crippen molar-refractivity contribution in [1.82, 2.24) is 14.3 Å². The van der Waals surface area contributed by atoms with Crippen molar-refractivity contribution in [2.75, 3.05) is 13.1 Å². The maximum Gasteiger partial charge on any atom is 0.316 e. The van der Waals surface area contributed by atoms with E-state index in [0.29, 0.717) is 19.1 Å². The van der Waals surface area contributed by atoms with E-state index < -0.39 is 10.0 Å². The van der Waals surface area contributed by atoms with Gasteiger partial charge in [0.25, 0.3) is 0 Å². The van der Waals surface area contributed by atoms with E-state index in [2.05, 4.69) is 9.97 Å². The van der Waals surface area contributed by atoms with Crippen LogP contribution in [0.5, 0.6) is 6.01 Å². The molecule has 0 unspecified atom stereocenters. The van der Waals surface area contributed by atoms with Crippen molar-refractivity contribution < 1.29 is 13.2 Å². The summed E-state index contributed by atoms with van der Waals surface area (Å²) in [6.07, 6.45) is 4.57. The maximum absolute atomic E-state index is 12.7. The van der Waals surface area contributed by atoms with E-state index in [1.807, 2.05) is 31.2 Å². The maximum atomic E-state index is 12.7. The van der Waals surface area contributed by atoms with E-state index in [0.717, 1.165) is 24.0 Å². The third-order valence-electron chi connectivity index (χ3n) is 3.98. The van der Waals surface area contributed by atoms with Crippen LogP contribution in [0.4, 0.5) is 0 Å². The molecule has 1 aliphatic heterocycles. The van der Waals surface area contributed by atoms with E-state index in [9.17, 15) is 8.42 Å². The molecule has 2 aromatic rings. The van der Waals surface area contributed by atoms with E-state index in [1.165, 1.54) is 4.31 Å². The second-order valence-electron chi connectivity index (χ2n) is 6.02. The lowest BCUT2D eigenvalue weighted by molar-refractivity contribution is 0.119. The fourth-order valence-corrected chi connectivity index (χ4v) is 4.44. The van der Waals surface area contributed by atoms with Gasteiger partial charge in [0.1, 0.15) is 6.10 Å². The Balaban J connectivity index is 1.67. The molecule has 128 valence electrons. The Labute approximate surface area is 142 Å². The van der Waals surface area contributed by atoms with Crippen LogP contribution in [0, 0.1) is 6.92 Å². The monoisotopic (exact) mass is 347 g/mol. The number of aryl methyl sites for hydroxylation is 1. The van der Waals surface area contributed by atoms with Crippen LogP contribution in [0.25, 0.3) is 0 Å². The van der Waals surface area contributed by atoms with Gasteiger partial charge in [-0.3, -0.25) is 0 Å². The van der Waals surface area contributed by atoms with Gasteiger partial charge in [0.15, 0.2) is 0 Å². The molecule has 1 saturated heterocycles. The first kappa shape index (κ1) is 16.9. The molecular formula is C17H21N3O3S. The third kappa shape index (κ3) is 4.30. The molecule has 0 bridgehead atoms. The molecule has 6 nitrogen and oxygen atoms in total. The van der Waals surface area contributed by atoms with Gasteiger partial charge in [0.2, 0.25) is 10.0 Å². The molecule has 0 aliphatic carbocycles. The normalized spacial score (nSPS) is 19.1. The second-order valence-corrected chi connectivity index (χ2v) is 7.99. The third-order valence-corrected chi connectivity index (χ3v) is 5.80. The van der Waals surface area contributed by atoms with Gasteiger partial charge in [-0.25, -0.2) is 18.4 Å². The summed E-state index contributed by atoms with van der Waals surface area (Å²) in [5, 5.41) is 0. The molecule has 7 heteroatoms. The van der Waals surface area contributed by atoms with Gasteiger partial charge in [-0.15, -0.1) is 0 Å². The zero-order valence-electron chi connectivity index (χ0n) is 13.6. The molecule has 0 amide bonds. The molecule has 3 rings (SSSR count). The zero-order chi connectivity index (χ0) is 17.0. The molecule has 1 aromatic heterocycles. The average molecular weight is 347 g/mol. The molecule has 1 atom stereocenters. The molecular weight excluding hydrogens is 326 g/mol. The predicted octanol–water partition coefficient (Wildman–Crippen LogP) is 2.16. The summed E-state index contributed by atoms with van der Waals surface area (Å²) >= 11 is 0. The van der Waals surface area contributed by atoms with Gasteiger partial charge in [0, 0.05) is 18.9 Å². The molecule has 1 fully saturated rings. The van der Waals surface area contributed by atoms with Gasteiger partial charge in [0.05, 0.1) is 12.3 Å². The Hall–Kier alpha value is -1.99. The first-order valence-electron chi connectivity index (χ1n) is 8.00. The highest BCUT2D eigenvalue weighted by Gasteiger charge is 2.30. The molecule has 0 radical (unpaired) electrons. The van der Waals surface area contributed by atoms with Crippen LogP contribution in [-0.2, 0) is 15.8 Å². The summed E-state index contributed by atoms with van der Waals surface area (Å²) in [7, 11) is -3.37. The zero-order valence-corrected chi connectivity index (χ0v) is 14.4. The molecule has 1 aromatic carbocycles. The number of aromatic nitrogens is 2. The minimum Gasteiger partial charge on any atom is -0.459 e. The Kier molecular flexibility index (Phi) is 5.11. The van der Waals surface area contributed by atoms with Crippen LogP contribution < -0.4 is 4.74 Å². The van der Waals surface area contributed by atoms with Crippen LogP contribution >= 0.6 is 0 Å². The summed E-state index contributed by atoms with van der Waals surface area (Å²) in [6, 6.07) is 9.61. The number of ether oxygens (including phenoxy) is 1. The second kappa shape index (κ2) is 7.27. The van der Waals surface area contributed by atoms with Crippen LogP contribution in [0.15, 0.2) is 42.7 Å². The largest absolute Gasteiger partial charge is 0.459 e. The van der Waals surface area contributed by atoms with E-state index in [4.69, 9.17) is 4.74 Å². The number of piperidine rings is 1. The predicted molar refractivity (Wildman–Crippen MR) is 91.1 cm³/mol. The summed E-state index contributed by atoms with van der Waals surface area (Å²) in [4.78, 5) is 8.07. The fourth-order valence-electron chi connectivity index (χ4n) is 2.85. The van der Waals surface area contributed by atoms with Crippen LogP contribution in [0.3, 0.4) is 0 Å². The smallest absolute Gasteiger partial charge is 0.316 e. The van der Waals surface area contributed by atoms with Gasteiger partial charge in [-0.2, -0.15) is 4.31 Å². The van der Waals surface area contributed by atoms with Gasteiger partial charge in [-0.05, 0) is 31.4 Å². The van der Waals surface area contributed by atoms with Gasteiger partial charge >= 0.3 is 6.01 Å². The topological polar surface area (TPSA) is 72.4 Å². The number of hydrogen-bond donors (Lipinski definition) is 0. The SMILES string of the molecule is Cc1cccc(CS(=O)(=O)N2CCC[C@H](Oc3ncccn3)C2)c1. The van der Waals surface area contributed by atoms with E-state index in [1.54, 1.807) is 18.5 Å². The molecule has 1 aliphatic rings. The summed E-state index contributed by atoms with van der Waals surface area (Å²) in [6.45, 7) is 2.83. The molecule has 0 spiro atoms. The first-order chi connectivity index (χ1) is 11.5. The minimum absolute atomic E-state index is 0.0171. The van der Waals surface area contributed by atoms with Crippen molar-refractivity contribution in [2.24, 2.45) is 0 Å². The summed E-state index contributed by atoms with van der Waals surface area (Å²) in [5.74, 6) is 0.0171. The summed E-state index contributed by atoms with van der Waals surface area (Å²) < 4.78 is 32.6. The number of hydrogen-bond acceptors (Lipinski definition) is 5. The van der Waals surface area contributed by atoms with Crippen molar-refractivity contribution in [3.63, 3.8) is 0 Å². The van der Waals surface area contributed by atoms with Crippen LogP contribution in [0.1, 0.15) is 24.0 Å². The number of sulfonamides is 1. The Morgan fingerprint density at radius 1 is 1.25 bits per heavy atom. The minimum atomic E-state index is -3.37. The molecule has 0 N–H and O–H groups in total. The van der Waals surface area contributed by atoms with Crippen molar-refractivity contribution in [1.29, 1.82) is 0 Å². The first-order valence-corrected chi connectivity index (χ1v) is 9.61. The van der Waals surface area contributed by atoms with Crippen molar-refractivity contribution in [3.8, 4) is 6.01 Å². The standard InChI is InChI=1S/C17H21N3O3S/c1-14-5-2-6-15(11-14)13-24(21,22)20-10-3-7-16(12-20)23-17-18-8-4-9-19-17/h2,4-6,8-9,11,16H,3,7,10,12-13H2,1H3/t16-/m0/s1. The van der Waals surface area contributed by atoms with Crippen LogP contribution in [0.2, 0.25) is 0 Å². The quantitative estimate of drug-likeness (QED) is 0.829. The van der Waals surface area contributed by atoms with E-state index >= 15 is 0 Å². The lowest BCUT2D eigenvalue weighted by Gasteiger charge is -2.31. The van der Waals surface area contributed by atoms with Crippen molar-refractivity contribution in [3.05, 3.63) is 53.9 Å². The van der Waals surface area contributed by atoms with Crippen molar-refractivity contribution in [2.45, 2.75) is 31.6 Å². The molecule has 24 heavy (non-hydrogen) atoms. The highest BCUT2D eigenvalue weighted by atomic mass is 32.2. The highest BCUT2D eigenvalue weighted by molar-refractivity contribution is 7.88. The fraction of sp³-hybridized carbons (Fsp3) is 0.412. The number of rotatable bonds is 5. The lowest BCUT2D eigenvalue weighted by atomic mass is 10.1. The number of benzene rings is 1. The van der Waals surface area contributed by atoms with Gasteiger partial charge in [-0.1, -0.05) is 29.8 Å². The number of nitrogens with zero attached hydrogens (tertiary/aromatic N) is 3.